The maximum Gasteiger partial charge on any atom is 0.407 e. The van der Waals surface area contributed by atoms with Crippen LogP contribution in [-0.2, 0) is 29.7 Å². The van der Waals surface area contributed by atoms with E-state index in [-0.39, 0.29) is 40.9 Å². The molecule has 9 rings (SSSR count). The van der Waals surface area contributed by atoms with Gasteiger partial charge in [-0.15, -0.1) is 0 Å². The predicted octanol–water partition coefficient (Wildman–Crippen LogP) is 8.50. The molecule has 5 heterocycles. The van der Waals surface area contributed by atoms with Gasteiger partial charge in [-0.1, -0.05) is 69.3 Å². The van der Waals surface area contributed by atoms with Gasteiger partial charge in [0.05, 0.1) is 50.1 Å². The Morgan fingerprint density at radius 2 is 1.19 bits per heavy atom. The summed E-state index contributed by atoms with van der Waals surface area (Å²) in [4.78, 5) is 71.9. The van der Waals surface area contributed by atoms with Crippen LogP contribution >= 0.6 is 0 Å². The van der Waals surface area contributed by atoms with Gasteiger partial charge in [0.15, 0.2) is 0 Å². The van der Waals surface area contributed by atoms with Crippen LogP contribution < -0.4 is 10.6 Å². The number of rotatable bonds is 10. The number of carbonyl (C=O) groups is 4. The molecule has 3 fully saturated rings. The topological polar surface area (TPSA) is 184 Å². The van der Waals surface area contributed by atoms with E-state index < -0.39 is 35.6 Å². The van der Waals surface area contributed by atoms with Crippen molar-refractivity contribution in [2.45, 2.75) is 89.4 Å². The molecule has 0 bridgehead atoms. The molecule has 3 aromatic carbocycles. The van der Waals surface area contributed by atoms with Gasteiger partial charge in [-0.2, -0.15) is 8.78 Å². The summed E-state index contributed by atoms with van der Waals surface area (Å²) < 4.78 is 48.2. The van der Waals surface area contributed by atoms with Crippen molar-refractivity contribution >= 4 is 24.0 Å². The van der Waals surface area contributed by atoms with E-state index in [0.29, 0.717) is 85.2 Å². The first-order valence-electron chi connectivity index (χ1n) is 22.9. The maximum atomic E-state index is 16.5. The zero-order valence-electron chi connectivity index (χ0n) is 38.3. The van der Waals surface area contributed by atoms with E-state index in [1.165, 1.54) is 20.3 Å². The Morgan fingerprint density at radius 1 is 0.701 bits per heavy atom. The molecule has 2 aromatic heterocycles. The van der Waals surface area contributed by atoms with Gasteiger partial charge in [0.2, 0.25) is 11.8 Å². The number of hydrogen-bond donors (Lipinski definition) is 4. The summed E-state index contributed by atoms with van der Waals surface area (Å²) in [5.74, 6) is -2.56. The van der Waals surface area contributed by atoms with E-state index in [9.17, 15) is 19.2 Å². The molecule has 3 aliphatic heterocycles. The smallest absolute Gasteiger partial charge is 0.407 e. The fourth-order valence-electron chi connectivity index (χ4n) is 10.1. The summed E-state index contributed by atoms with van der Waals surface area (Å²) in [6.07, 6.45) is 6.22. The number of ether oxygens (including phenoxy) is 3. The molecule has 352 valence electrons. The molecule has 15 nitrogen and oxygen atoms in total. The van der Waals surface area contributed by atoms with Gasteiger partial charge in [-0.3, -0.25) is 9.59 Å². The van der Waals surface area contributed by atoms with Crippen LogP contribution in [0.3, 0.4) is 0 Å². The molecule has 0 radical (unpaired) electrons. The zero-order valence-corrected chi connectivity index (χ0v) is 38.3. The van der Waals surface area contributed by atoms with Gasteiger partial charge in [0, 0.05) is 43.0 Å². The number of carbonyl (C=O) groups excluding carboxylic acids is 4. The van der Waals surface area contributed by atoms with Crippen LogP contribution in [0.4, 0.5) is 18.4 Å². The number of H-pyrrole nitrogens is 2. The monoisotopic (exact) mass is 918 g/mol. The van der Waals surface area contributed by atoms with E-state index >= 15 is 8.78 Å². The third-order valence-corrected chi connectivity index (χ3v) is 13.8. The van der Waals surface area contributed by atoms with Gasteiger partial charge in [-0.05, 0) is 89.8 Å². The number of alkyl halides is 2. The highest BCUT2D eigenvalue weighted by molar-refractivity contribution is 5.88. The van der Waals surface area contributed by atoms with Crippen molar-refractivity contribution < 1.29 is 42.2 Å². The number of likely N-dealkylation sites (tertiary alicyclic amines) is 2. The van der Waals surface area contributed by atoms with Gasteiger partial charge in [0.1, 0.15) is 23.7 Å². The first-order chi connectivity index (χ1) is 32.2. The van der Waals surface area contributed by atoms with Gasteiger partial charge < -0.3 is 44.6 Å². The van der Waals surface area contributed by atoms with Crippen molar-refractivity contribution in [3.63, 3.8) is 0 Å². The van der Waals surface area contributed by atoms with Crippen LogP contribution in [-0.4, -0.2) is 106 Å². The number of nitrogens with zero attached hydrogens (tertiary/aromatic N) is 4. The van der Waals surface area contributed by atoms with E-state index in [4.69, 9.17) is 14.2 Å². The number of benzene rings is 3. The number of hydrogen-bond acceptors (Lipinski definition) is 9. The molecule has 4 atom stereocenters. The second-order valence-corrected chi connectivity index (χ2v) is 18.9. The summed E-state index contributed by atoms with van der Waals surface area (Å²) in [6, 6.07) is 15.6. The number of alkyl carbamates (subject to hydrolysis) is 2. The average molecular weight is 919 g/mol. The van der Waals surface area contributed by atoms with Crippen LogP contribution in [0, 0.1) is 11.3 Å². The number of methoxy groups -OCH3 is 2. The number of aromatic nitrogens is 4. The minimum Gasteiger partial charge on any atom is -0.453 e. The number of aromatic amines is 2. The Morgan fingerprint density at radius 3 is 1.76 bits per heavy atom. The molecule has 4 N–H and O–H groups in total. The minimum atomic E-state index is -3.27. The normalized spacial score (nSPS) is 19.9. The summed E-state index contributed by atoms with van der Waals surface area (Å²) >= 11 is 0. The molecule has 3 saturated heterocycles. The second kappa shape index (κ2) is 18.2. The quantitative estimate of drug-likeness (QED) is 0.107. The summed E-state index contributed by atoms with van der Waals surface area (Å²) in [7, 11) is 2.54. The maximum absolute atomic E-state index is 16.5. The summed E-state index contributed by atoms with van der Waals surface area (Å²) in [6.45, 7) is 7.69. The van der Waals surface area contributed by atoms with E-state index in [1.54, 1.807) is 46.5 Å². The van der Waals surface area contributed by atoms with E-state index in [1.807, 2.05) is 51.1 Å². The lowest BCUT2D eigenvalue weighted by Crippen LogP contribution is -2.54. The lowest BCUT2D eigenvalue weighted by atomic mass is 9.85. The van der Waals surface area contributed by atoms with Crippen LogP contribution in [0.2, 0.25) is 0 Å². The van der Waals surface area contributed by atoms with Crippen LogP contribution in [0.15, 0.2) is 73.1 Å². The van der Waals surface area contributed by atoms with Crippen LogP contribution in [0.1, 0.15) is 94.2 Å². The largest absolute Gasteiger partial charge is 0.453 e. The first kappa shape index (κ1) is 45.5. The fourth-order valence-corrected chi connectivity index (χ4v) is 10.1. The van der Waals surface area contributed by atoms with Crippen LogP contribution in [0.5, 0.6) is 0 Å². The Bertz CT molecular complexity index is 2670. The van der Waals surface area contributed by atoms with Crippen molar-refractivity contribution in [3.05, 3.63) is 95.8 Å². The van der Waals surface area contributed by atoms with Crippen molar-refractivity contribution in [2.24, 2.45) is 11.3 Å². The third-order valence-electron chi connectivity index (χ3n) is 13.8. The third kappa shape index (κ3) is 8.76. The number of imidazole rings is 2. The lowest BCUT2D eigenvalue weighted by molar-refractivity contribution is -0.137. The number of nitrogens with one attached hydrogen (secondary N) is 4. The molecule has 17 heteroatoms. The Hall–Kier alpha value is -6.62. The van der Waals surface area contributed by atoms with Gasteiger partial charge in [0.25, 0.3) is 5.92 Å². The van der Waals surface area contributed by atoms with Crippen molar-refractivity contribution in [1.82, 2.24) is 40.4 Å². The Labute approximate surface area is 387 Å². The van der Waals surface area contributed by atoms with E-state index in [0.717, 1.165) is 36.1 Å². The molecule has 1 aliphatic carbocycles. The standard InChI is InChI=1S/C50H56F2N8O7/c1-49(2,3)42(58-48(64)66-5)46(62)60-21-7-9-40(60)44-54-27-38(56-44)32-15-17-34-33-16-14-31(24-35(33)50(51,52)36(34)25-32)28-10-12-29(13-11-28)37-26-53-43(55-37)39-8-6-20-59(39)45(61)41(57-47(63)65-4)30-18-22-67-23-19-30/h10-17,24-27,30,39-42H,6-9,18-23H2,1-5H3,(H,53,55)(H,54,56)(H,57,63)(H,58,64)/t39-,40-,41-,42?/m0/s1. The molecule has 67 heavy (non-hydrogen) atoms. The van der Waals surface area contributed by atoms with Crippen LogP contribution in [0.25, 0.3) is 44.8 Å². The molecule has 0 spiro atoms. The summed E-state index contributed by atoms with van der Waals surface area (Å²) in [5.41, 5.74) is 4.27. The highest BCUT2D eigenvalue weighted by atomic mass is 19.3. The number of halogens is 2. The predicted molar refractivity (Wildman–Crippen MR) is 245 cm³/mol. The van der Waals surface area contributed by atoms with Crippen molar-refractivity contribution in [2.75, 3.05) is 40.5 Å². The molecule has 5 aromatic rings. The Kier molecular flexibility index (Phi) is 12.4. The lowest BCUT2D eigenvalue weighted by Gasteiger charge is -2.35. The minimum absolute atomic E-state index is 0.0711. The molecular formula is C50H56F2N8O7. The molecular weight excluding hydrogens is 863 g/mol. The molecule has 4 amide bonds. The SMILES string of the molecule is COC(=O)NC(C(=O)N1CCC[C@H]1c1ncc(-c2ccc3c(c2)C(F)(F)c2cc(-c4ccc(-c5cnc([C@@H]6CCCN6C(=O)[C@@H](NC(=O)OC)C6CCOCC6)[nH]5)cc4)ccc2-3)[nH]1)C(C)(C)C. The highest BCUT2D eigenvalue weighted by Gasteiger charge is 2.46. The van der Waals surface area contributed by atoms with E-state index in [2.05, 4.69) is 30.6 Å². The fraction of sp³-hybridized carbons (Fsp3) is 0.440. The summed E-state index contributed by atoms with van der Waals surface area (Å²) in [5, 5.41) is 5.48. The molecule has 4 aliphatic rings. The second-order valence-electron chi connectivity index (χ2n) is 18.9. The zero-order chi connectivity index (χ0) is 47.2. The number of fused-ring (bicyclic) bond motifs is 3. The first-order valence-corrected chi connectivity index (χ1v) is 22.9. The number of amides is 4. The Balaban J connectivity index is 0.893. The van der Waals surface area contributed by atoms with Crippen molar-refractivity contribution in [1.29, 1.82) is 0 Å². The van der Waals surface area contributed by atoms with Gasteiger partial charge >= 0.3 is 12.2 Å². The highest BCUT2D eigenvalue weighted by Crippen LogP contribution is 2.53. The molecule has 1 unspecified atom stereocenters. The van der Waals surface area contributed by atoms with Crippen molar-refractivity contribution in [3.8, 4) is 44.8 Å². The molecule has 0 saturated carbocycles. The van der Waals surface area contributed by atoms with Gasteiger partial charge in [-0.25, -0.2) is 19.6 Å². The average Bonchev–Trinajstić information content (AvgIpc) is 4.20.